The molecule has 0 aromatic carbocycles. The van der Waals surface area contributed by atoms with Crippen molar-refractivity contribution in [2.24, 2.45) is 0 Å². The molecule has 0 aliphatic rings. The number of hydrogen-bond donors (Lipinski definition) is 3. The number of aliphatic hydroxyl groups excluding tert-OH is 3. The van der Waals surface area contributed by atoms with Gasteiger partial charge in [0.25, 0.3) is 0 Å². The Kier molecular flexibility index (Phi) is 46.1. The zero-order valence-electron chi connectivity index (χ0n) is 33.0. The van der Waals surface area contributed by atoms with E-state index in [0.717, 1.165) is 25.7 Å². The van der Waals surface area contributed by atoms with E-state index in [-0.39, 0.29) is 25.2 Å². The average Bonchev–Trinajstić information content (AvgIpc) is 3.10. The van der Waals surface area contributed by atoms with Gasteiger partial charge in [-0.2, -0.15) is 0 Å². The number of unbranched alkanes of at least 4 members (excludes halogenated alkanes) is 32. The molecule has 0 amide bonds. The van der Waals surface area contributed by atoms with Gasteiger partial charge in [-0.1, -0.05) is 219 Å². The maximum absolute atomic E-state index is 12.0. The largest absolute Gasteiger partial charge is 0.394 e. The molecule has 6 nitrogen and oxygen atoms in total. The summed E-state index contributed by atoms with van der Waals surface area (Å²) in [6.07, 6.45) is 45.0. The number of rotatable bonds is 38. The summed E-state index contributed by atoms with van der Waals surface area (Å²) in [6, 6.07) is 0. The van der Waals surface area contributed by atoms with Crippen LogP contribution in [0.15, 0.2) is 0 Å². The molecule has 0 aromatic heterocycles. The minimum absolute atomic E-state index is 0.321. The molecule has 0 unspecified atom stereocenters. The standard InChI is InChI=1S/C40H78O3.C3H8O3/c1-3-5-7-9-11-13-15-17-19-20-21-22-24-26-28-30-32-34-36-38-40(42)43-39(41)37-35-33-31-29-27-25-23-18-16-14-12-10-8-6-4-2;4-1-3(6)2-5/h3-38H2,1-2H3;3-6H,1-2H2. The summed E-state index contributed by atoms with van der Waals surface area (Å²) in [5.74, 6) is -0.643. The molecule has 0 saturated heterocycles. The second-order valence-corrected chi connectivity index (χ2v) is 14.7. The van der Waals surface area contributed by atoms with Crippen LogP contribution in [0.1, 0.15) is 245 Å². The molecule has 0 atom stereocenters. The quantitative estimate of drug-likeness (QED) is 0.0337. The normalized spacial score (nSPS) is 11.1. The number of esters is 2. The third kappa shape index (κ3) is 47.0. The Labute approximate surface area is 305 Å². The van der Waals surface area contributed by atoms with Crippen molar-refractivity contribution in [3.63, 3.8) is 0 Å². The molecule has 49 heavy (non-hydrogen) atoms. The van der Waals surface area contributed by atoms with E-state index in [2.05, 4.69) is 13.8 Å². The zero-order chi connectivity index (χ0) is 36.3. The topological polar surface area (TPSA) is 104 Å². The number of carbonyl (C=O) groups excluding carboxylic acids is 2. The van der Waals surface area contributed by atoms with Gasteiger partial charge in [0.1, 0.15) is 6.10 Å². The van der Waals surface area contributed by atoms with Crippen LogP contribution in [0.2, 0.25) is 0 Å². The first kappa shape index (κ1) is 50.1. The molecular formula is C43H86O6. The van der Waals surface area contributed by atoms with E-state index < -0.39 is 6.10 Å². The van der Waals surface area contributed by atoms with E-state index in [9.17, 15) is 9.59 Å². The van der Waals surface area contributed by atoms with Crippen molar-refractivity contribution in [1.82, 2.24) is 0 Å². The molecule has 0 aromatic rings. The smallest absolute Gasteiger partial charge is 0.313 e. The van der Waals surface area contributed by atoms with Gasteiger partial charge in [-0.15, -0.1) is 0 Å². The predicted molar refractivity (Wildman–Crippen MR) is 209 cm³/mol. The summed E-state index contributed by atoms with van der Waals surface area (Å²) < 4.78 is 5.03. The van der Waals surface area contributed by atoms with Crippen molar-refractivity contribution in [2.45, 2.75) is 251 Å². The maximum atomic E-state index is 12.0. The second kappa shape index (κ2) is 45.0. The lowest BCUT2D eigenvalue weighted by Crippen LogP contribution is -2.15. The highest BCUT2D eigenvalue weighted by molar-refractivity contribution is 5.85. The lowest BCUT2D eigenvalue weighted by Gasteiger charge is -2.05. The lowest BCUT2D eigenvalue weighted by atomic mass is 10.0. The molecule has 0 fully saturated rings. The van der Waals surface area contributed by atoms with Crippen molar-refractivity contribution in [3.05, 3.63) is 0 Å². The van der Waals surface area contributed by atoms with Crippen LogP contribution in [-0.2, 0) is 14.3 Å². The van der Waals surface area contributed by atoms with Crippen molar-refractivity contribution >= 4 is 11.9 Å². The van der Waals surface area contributed by atoms with Crippen LogP contribution in [0, 0.1) is 0 Å². The van der Waals surface area contributed by atoms with E-state index in [0.29, 0.717) is 12.8 Å². The number of carbonyl (C=O) groups is 2. The second-order valence-electron chi connectivity index (χ2n) is 14.7. The molecule has 0 aliphatic carbocycles. The van der Waals surface area contributed by atoms with E-state index in [1.807, 2.05) is 0 Å². The highest BCUT2D eigenvalue weighted by Gasteiger charge is 2.10. The van der Waals surface area contributed by atoms with E-state index in [4.69, 9.17) is 20.1 Å². The Morgan fingerprint density at radius 1 is 0.367 bits per heavy atom. The SMILES string of the molecule is CCCCCCCCCCCCCCCCCCCCCC(=O)OC(=O)CCCCCCCCCCCCCCCCC.OCC(O)CO. The fraction of sp³-hybridized carbons (Fsp3) is 0.953. The Balaban J connectivity index is 0. The van der Waals surface area contributed by atoms with Gasteiger partial charge < -0.3 is 20.1 Å². The Morgan fingerprint density at radius 2 is 0.551 bits per heavy atom. The molecule has 0 spiro atoms. The molecule has 0 rings (SSSR count). The maximum Gasteiger partial charge on any atom is 0.313 e. The molecular weight excluding hydrogens is 612 g/mol. The minimum atomic E-state index is -0.954. The highest BCUT2D eigenvalue weighted by Crippen LogP contribution is 2.16. The van der Waals surface area contributed by atoms with E-state index >= 15 is 0 Å². The van der Waals surface area contributed by atoms with Crippen molar-refractivity contribution < 1.29 is 29.6 Å². The summed E-state index contributed by atoms with van der Waals surface area (Å²) in [5, 5.41) is 24.0. The van der Waals surface area contributed by atoms with Gasteiger partial charge in [0, 0.05) is 12.8 Å². The molecule has 0 saturated carbocycles. The van der Waals surface area contributed by atoms with Crippen LogP contribution in [0.3, 0.4) is 0 Å². The van der Waals surface area contributed by atoms with Gasteiger partial charge >= 0.3 is 11.9 Å². The summed E-state index contributed by atoms with van der Waals surface area (Å²) in [6.45, 7) is 3.84. The van der Waals surface area contributed by atoms with Crippen molar-refractivity contribution in [3.8, 4) is 0 Å². The zero-order valence-corrected chi connectivity index (χ0v) is 33.0. The first-order chi connectivity index (χ1) is 24.0. The van der Waals surface area contributed by atoms with E-state index in [1.54, 1.807) is 0 Å². The van der Waals surface area contributed by atoms with Gasteiger partial charge in [-0.25, -0.2) is 0 Å². The fourth-order valence-corrected chi connectivity index (χ4v) is 6.28. The monoisotopic (exact) mass is 699 g/mol. The summed E-state index contributed by atoms with van der Waals surface area (Å²) >= 11 is 0. The summed E-state index contributed by atoms with van der Waals surface area (Å²) in [5.41, 5.74) is 0. The molecule has 294 valence electrons. The van der Waals surface area contributed by atoms with Crippen LogP contribution in [0.5, 0.6) is 0 Å². The van der Waals surface area contributed by atoms with Gasteiger partial charge in [0.15, 0.2) is 0 Å². The van der Waals surface area contributed by atoms with Crippen LogP contribution in [0.25, 0.3) is 0 Å². The lowest BCUT2D eigenvalue weighted by molar-refractivity contribution is -0.159. The van der Waals surface area contributed by atoms with Crippen LogP contribution < -0.4 is 0 Å². The fourth-order valence-electron chi connectivity index (χ4n) is 6.28. The van der Waals surface area contributed by atoms with Gasteiger partial charge in [0.05, 0.1) is 13.2 Å². The van der Waals surface area contributed by atoms with Gasteiger partial charge in [-0.3, -0.25) is 9.59 Å². The predicted octanol–water partition coefficient (Wildman–Crippen LogP) is 12.5. The Morgan fingerprint density at radius 3 is 0.714 bits per heavy atom. The van der Waals surface area contributed by atoms with Crippen molar-refractivity contribution in [1.29, 1.82) is 0 Å². The molecule has 3 N–H and O–H groups in total. The summed E-state index contributed by atoms with van der Waals surface area (Å²) in [4.78, 5) is 23.9. The molecule has 0 heterocycles. The van der Waals surface area contributed by atoms with Crippen LogP contribution >= 0.6 is 0 Å². The number of ether oxygens (including phenoxy) is 1. The third-order valence-electron chi connectivity index (χ3n) is 9.62. The highest BCUT2D eigenvalue weighted by atomic mass is 16.6. The van der Waals surface area contributed by atoms with Crippen LogP contribution in [-0.4, -0.2) is 46.6 Å². The molecule has 0 radical (unpaired) electrons. The number of hydrogen-bond acceptors (Lipinski definition) is 6. The Bertz CT molecular complexity index is 636. The van der Waals surface area contributed by atoms with E-state index in [1.165, 1.54) is 193 Å². The van der Waals surface area contributed by atoms with Gasteiger partial charge in [0.2, 0.25) is 0 Å². The van der Waals surface area contributed by atoms with Gasteiger partial charge in [-0.05, 0) is 12.8 Å². The summed E-state index contributed by atoms with van der Waals surface area (Å²) in [7, 11) is 0. The first-order valence-corrected chi connectivity index (χ1v) is 21.6. The minimum Gasteiger partial charge on any atom is -0.394 e. The van der Waals surface area contributed by atoms with Crippen LogP contribution in [0.4, 0.5) is 0 Å². The average molecular weight is 699 g/mol. The number of aliphatic hydroxyl groups is 3. The Hall–Kier alpha value is -0.980. The third-order valence-corrected chi connectivity index (χ3v) is 9.62. The van der Waals surface area contributed by atoms with Crippen molar-refractivity contribution in [2.75, 3.05) is 13.2 Å². The molecule has 0 aliphatic heterocycles. The first-order valence-electron chi connectivity index (χ1n) is 21.6. The molecule has 6 heteroatoms. The molecule has 0 bridgehead atoms.